The number of rotatable bonds is 7. The number of hydrogen-bond donors (Lipinski definition) is 0. The van der Waals surface area contributed by atoms with Crippen LogP contribution in [0.25, 0.3) is 71.2 Å². The molecule has 0 saturated carbocycles. The maximum Gasteiger partial charge on any atom is 0.178 e. The van der Waals surface area contributed by atoms with Gasteiger partial charge in [-0.15, -0.1) is 0 Å². The summed E-state index contributed by atoms with van der Waals surface area (Å²) >= 11 is 0. The van der Waals surface area contributed by atoms with Crippen LogP contribution in [0, 0.1) is 6.92 Å². The molecule has 0 radical (unpaired) electrons. The molecule has 3 aromatic heterocycles. The highest BCUT2D eigenvalue weighted by molar-refractivity contribution is 6.21. The van der Waals surface area contributed by atoms with E-state index >= 15 is 0 Å². The molecule has 0 atom stereocenters. The van der Waals surface area contributed by atoms with Crippen molar-refractivity contribution in [2.45, 2.75) is 13.6 Å². The van der Waals surface area contributed by atoms with Gasteiger partial charge in [-0.05, 0) is 78.0 Å². The smallest absolute Gasteiger partial charge is 0.178 e. The Morgan fingerprint density at radius 1 is 0.611 bits per heavy atom. The lowest BCUT2D eigenvalue weighted by molar-refractivity contribution is 0.792. The van der Waals surface area contributed by atoms with Crippen molar-refractivity contribution >= 4 is 72.5 Å². The first kappa shape index (κ1) is 31.5. The number of aryl methyl sites for hydroxylation is 1. The van der Waals surface area contributed by atoms with E-state index in [-0.39, 0.29) is 0 Å². The van der Waals surface area contributed by atoms with Crippen molar-refractivity contribution in [2.24, 2.45) is 9.98 Å². The topological polar surface area (TPSA) is 60.4 Å². The average Bonchev–Trinajstić information content (AvgIpc) is 3.74. The van der Waals surface area contributed by atoms with Gasteiger partial charge < -0.3 is 9.13 Å². The second-order valence-corrected chi connectivity index (χ2v) is 13.6. The fourth-order valence-electron chi connectivity index (χ4n) is 8.17. The second kappa shape index (κ2) is 12.8. The van der Waals surface area contributed by atoms with Gasteiger partial charge in [0.2, 0.25) is 0 Å². The normalized spacial score (nSPS) is 12.1. The fourth-order valence-corrected chi connectivity index (χ4v) is 8.17. The molecule has 7 aromatic carbocycles. The van der Waals surface area contributed by atoms with E-state index in [0.29, 0.717) is 18.2 Å². The van der Waals surface area contributed by atoms with Crippen LogP contribution in [0.3, 0.4) is 0 Å². The molecule has 54 heavy (non-hydrogen) atoms. The molecular weight excluding hydrogens is 661 g/mol. The first-order valence-electron chi connectivity index (χ1n) is 18.1. The summed E-state index contributed by atoms with van der Waals surface area (Å²) in [6, 6.07) is 53.6. The van der Waals surface area contributed by atoms with Crippen molar-refractivity contribution in [2.75, 3.05) is 0 Å². The molecular formula is C48H34N6. The Labute approximate surface area is 312 Å². The van der Waals surface area contributed by atoms with E-state index in [0.717, 1.165) is 44.2 Å². The summed E-state index contributed by atoms with van der Waals surface area (Å²) in [5.41, 5.74) is 11.6. The summed E-state index contributed by atoms with van der Waals surface area (Å²) in [7, 11) is 0. The molecule has 10 aromatic rings. The maximum absolute atomic E-state index is 5.40. The van der Waals surface area contributed by atoms with Crippen LogP contribution in [0.15, 0.2) is 174 Å². The van der Waals surface area contributed by atoms with E-state index in [9.17, 15) is 0 Å². The van der Waals surface area contributed by atoms with Crippen LogP contribution in [0.4, 0.5) is 5.69 Å². The number of fused-ring (bicyclic) bond motifs is 7. The number of aliphatic imine (C=N–C) groups is 2. The van der Waals surface area contributed by atoms with Crippen LogP contribution in [0.2, 0.25) is 0 Å². The van der Waals surface area contributed by atoms with Gasteiger partial charge in [-0.25, -0.2) is 9.97 Å². The third-order valence-corrected chi connectivity index (χ3v) is 10.6. The lowest BCUT2D eigenvalue weighted by Crippen LogP contribution is -2.11. The van der Waals surface area contributed by atoms with E-state index in [2.05, 4.69) is 155 Å². The molecule has 6 heteroatoms. The van der Waals surface area contributed by atoms with Crippen LogP contribution in [-0.4, -0.2) is 31.5 Å². The summed E-state index contributed by atoms with van der Waals surface area (Å²) in [5.74, 6) is 0.537. The second-order valence-electron chi connectivity index (χ2n) is 13.6. The minimum atomic E-state index is 0.337. The number of nitrogens with zero attached hydrogens (tertiary/aromatic N) is 6. The molecule has 0 aliphatic rings. The number of aromatic nitrogens is 4. The Morgan fingerprint density at radius 2 is 1.30 bits per heavy atom. The highest BCUT2D eigenvalue weighted by Crippen LogP contribution is 2.40. The van der Waals surface area contributed by atoms with Crippen molar-refractivity contribution in [3.63, 3.8) is 0 Å². The minimum Gasteiger partial charge on any atom is -0.320 e. The summed E-state index contributed by atoms with van der Waals surface area (Å²) < 4.78 is 4.72. The van der Waals surface area contributed by atoms with E-state index in [1.807, 2.05) is 24.3 Å². The highest BCUT2D eigenvalue weighted by Gasteiger charge is 2.21. The molecule has 0 amide bonds. The molecule has 6 nitrogen and oxygen atoms in total. The summed E-state index contributed by atoms with van der Waals surface area (Å²) in [6.07, 6.45) is 3.52. The van der Waals surface area contributed by atoms with Crippen molar-refractivity contribution in [3.05, 3.63) is 181 Å². The third kappa shape index (κ3) is 4.95. The predicted molar refractivity (Wildman–Crippen MR) is 225 cm³/mol. The number of para-hydroxylation sites is 4. The molecule has 0 spiro atoms. The molecule has 0 aliphatic carbocycles. The van der Waals surface area contributed by atoms with Crippen molar-refractivity contribution in [1.29, 1.82) is 0 Å². The van der Waals surface area contributed by atoms with E-state index in [1.54, 1.807) is 12.4 Å². The Hall–Kier alpha value is -7.18. The summed E-state index contributed by atoms with van der Waals surface area (Å²) in [5, 5.41) is 6.91. The zero-order valence-electron chi connectivity index (χ0n) is 29.7. The first-order valence-corrected chi connectivity index (χ1v) is 18.1. The Balaban J connectivity index is 1.21. The minimum absolute atomic E-state index is 0.337. The SMILES string of the molecule is C=Nc1ccc2ccccc2c1/C(=N\Cn1c2ccccc2c2cccc(-c3ccc4c(c3)c3ccccc3n4-c3ccccc3C)c21)c1ncccn1. The quantitative estimate of drug-likeness (QED) is 0.156. The Kier molecular flexibility index (Phi) is 7.47. The van der Waals surface area contributed by atoms with Gasteiger partial charge in [-0.2, -0.15) is 0 Å². The van der Waals surface area contributed by atoms with Crippen LogP contribution in [0.1, 0.15) is 17.0 Å². The van der Waals surface area contributed by atoms with Gasteiger partial charge in [0.1, 0.15) is 12.4 Å². The molecule has 3 heterocycles. The van der Waals surface area contributed by atoms with E-state index in [4.69, 9.17) is 15.0 Å². The predicted octanol–water partition coefficient (Wildman–Crippen LogP) is 11.6. The zero-order valence-corrected chi connectivity index (χ0v) is 29.7. The molecule has 256 valence electrons. The number of benzene rings is 7. The van der Waals surface area contributed by atoms with Crippen molar-refractivity contribution < 1.29 is 0 Å². The van der Waals surface area contributed by atoms with Gasteiger partial charge in [0.25, 0.3) is 0 Å². The Bertz CT molecular complexity index is 3110. The third-order valence-electron chi connectivity index (χ3n) is 10.6. The van der Waals surface area contributed by atoms with Crippen LogP contribution in [0.5, 0.6) is 0 Å². The monoisotopic (exact) mass is 694 g/mol. The summed E-state index contributed by atoms with van der Waals surface area (Å²) in [6.45, 7) is 6.44. The molecule has 0 saturated heterocycles. The highest BCUT2D eigenvalue weighted by atomic mass is 15.1. The van der Waals surface area contributed by atoms with Crippen LogP contribution in [-0.2, 0) is 6.67 Å². The average molecular weight is 695 g/mol. The van der Waals surface area contributed by atoms with Gasteiger partial charge in [0, 0.05) is 50.8 Å². The molecule has 10 rings (SSSR count). The zero-order chi connectivity index (χ0) is 36.2. The lowest BCUT2D eigenvalue weighted by Gasteiger charge is -2.14. The van der Waals surface area contributed by atoms with Crippen molar-refractivity contribution in [3.8, 4) is 16.8 Å². The molecule has 0 bridgehead atoms. The molecule has 0 fully saturated rings. The van der Waals surface area contributed by atoms with Gasteiger partial charge in [0.05, 0.1) is 27.8 Å². The first-order chi connectivity index (χ1) is 26.7. The number of hydrogen-bond acceptors (Lipinski definition) is 4. The van der Waals surface area contributed by atoms with E-state index < -0.39 is 0 Å². The van der Waals surface area contributed by atoms with E-state index in [1.165, 1.54) is 43.8 Å². The summed E-state index contributed by atoms with van der Waals surface area (Å²) in [4.78, 5) is 19.2. The van der Waals surface area contributed by atoms with Gasteiger partial charge in [0.15, 0.2) is 5.82 Å². The van der Waals surface area contributed by atoms with Crippen molar-refractivity contribution in [1.82, 2.24) is 19.1 Å². The standard InChI is InChI=1S/C48H34N6/c1-31-13-3-8-20-41(31)54-43-22-10-7-17-37(43)39-29-33(24-26-44(39)54)35-18-11-19-38-36-16-6-9-21-42(36)53(47(35)38)30-52-46(48-50-27-12-28-51-48)45-34-15-5-4-14-32(34)23-25-40(45)49-2/h3-29H,2,30H2,1H3/b52-46+. The molecule has 0 N–H and O–H groups in total. The fraction of sp³-hybridized carbons (Fsp3) is 0.0417. The van der Waals surface area contributed by atoms with Gasteiger partial charge in [-0.1, -0.05) is 109 Å². The van der Waals surface area contributed by atoms with Crippen LogP contribution >= 0.6 is 0 Å². The van der Waals surface area contributed by atoms with Crippen LogP contribution < -0.4 is 0 Å². The largest absolute Gasteiger partial charge is 0.320 e. The lowest BCUT2D eigenvalue weighted by atomic mass is 9.98. The molecule has 0 aliphatic heterocycles. The van der Waals surface area contributed by atoms with Gasteiger partial charge >= 0.3 is 0 Å². The van der Waals surface area contributed by atoms with Gasteiger partial charge in [-0.3, -0.25) is 9.98 Å². The Morgan fingerprint density at radius 3 is 2.11 bits per heavy atom. The maximum atomic E-state index is 5.40. The molecule has 0 unspecified atom stereocenters.